The molecule has 1 amide bonds. The monoisotopic (exact) mass is 279 g/mol. The van der Waals surface area contributed by atoms with Gasteiger partial charge in [0.25, 0.3) is 0 Å². The summed E-state index contributed by atoms with van der Waals surface area (Å²) < 4.78 is 11.0. The minimum atomic E-state index is -0.274. The van der Waals surface area contributed by atoms with E-state index in [4.69, 9.17) is 9.26 Å². The van der Waals surface area contributed by atoms with Crippen LogP contribution in [-0.2, 0) is 16.1 Å². The SMILES string of the molecule is CNC(=O)[C@H]1C[C@@H]2CCN(Cc3cc(C)on3)C[C@@H]2O1. The minimum Gasteiger partial charge on any atom is -0.364 e. The van der Waals surface area contributed by atoms with E-state index in [9.17, 15) is 4.79 Å². The van der Waals surface area contributed by atoms with Crippen LogP contribution in [0.25, 0.3) is 0 Å². The average molecular weight is 279 g/mol. The van der Waals surface area contributed by atoms with Gasteiger partial charge in [0, 0.05) is 26.2 Å². The van der Waals surface area contributed by atoms with Crippen LogP contribution >= 0.6 is 0 Å². The Hall–Kier alpha value is -1.40. The second-order valence-corrected chi connectivity index (χ2v) is 5.73. The molecule has 0 aliphatic carbocycles. The molecule has 3 heterocycles. The van der Waals surface area contributed by atoms with E-state index in [1.807, 2.05) is 13.0 Å². The van der Waals surface area contributed by atoms with Crippen LogP contribution in [0.4, 0.5) is 0 Å². The molecular formula is C14H21N3O3. The predicted octanol–water partition coefficient (Wildman–Crippen LogP) is 0.708. The van der Waals surface area contributed by atoms with Crippen molar-refractivity contribution in [1.82, 2.24) is 15.4 Å². The van der Waals surface area contributed by atoms with Crippen molar-refractivity contribution in [2.24, 2.45) is 5.92 Å². The van der Waals surface area contributed by atoms with Crippen molar-refractivity contribution in [2.45, 2.75) is 38.5 Å². The molecule has 2 aliphatic rings. The molecule has 20 heavy (non-hydrogen) atoms. The van der Waals surface area contributed by atoms with Crippen molar-refractivity contribution in [3.05, 3.63) is 17.5 Å². The highest BCUT2D eigenvalue weighted by molar-refractivity contribution is 5.80. The summed E-state index contributed by atoms with van der Waals surface area (Å²) >= 11 is 0. The number of nitrogens with one attached hydrogen (secondary N) is 1. The second-order valence-electron chi connectivity index (χ2n) is 5.73. The first kappa shape index (κ1) is 13.6. The van der Waals surface area contributed by atoms with Gasteiger partial charge in [-0.3, -0.25) is 9.69 Å². The number of carbonyl (C=O) groups excluding carboxylic acids is 1. The second kappa shape index (κ2) is 5.54. The number of aryl methyl sites for hydroxylation is 1. The van der Waals surface area contributed by atoms with E-state index in [0.29, 0.717) is 5.92 Å². The summed E-state index contributed by atoms with van der Waals surface area (Å²) in [5, 5.41) is 6.70. The maximum absolute atomic E-state index is 11.7. The highest BCUT2D eigenvalue weighted by Gasteiger charge is 2.41. The molecule has 3 atom stereocenters. The molecule has 0 spiro atoms. The summed E-state index contributed by atoms with van der Waals surface area (Å²) in [6, 6.07) is 1.97. The zero-order chi connectivity index (χ0) is 14.1. The maximum Gasteiger partial charge on any atom is 0.248 e. The van der Waals surface area contributed by atoms with Crippen LogP contribution in [0.2, 0.25) is 0 Å². The van der Waals surface area contributed by atoms with E-state index in [1.165, 1.54) is 0 Å². The number of rotatable bonds is 3. The lowest BCUT2D eigenvalue weighted by atomic mass is 9.91. The Morgan fingerprint density at radius 2 is 2.45 bits per heavy atom. The van der Waals surface area contributed by atoms with Crippen LogP contribution < -0.4 is 5.32 Å². The number of ether oxygens (including phenoxy) is 1. The zero-order valence-corrected chi connectivity index (χ0v) is 12.0. The van der Waals surface area contributed by atoms with Crippen molar-refractivity contribution in [3.63, 3.8) is 0 Å². The number of hydrogen-bond donors (Lipinski definition) is 1. The molecule has 6 heteroatoms. The fourth-order valence-electron chi connectivity index (χ4n) is 3.19. The third kappa shape index (κ3) is 2.71. The number of fused-ring (bicyclic) bond motifs is 1. The van der Waals surface area contributed by atoms with E-state index in [1.54, 1.807) is 7.05 Å². The molecule has 1 aromatic heterocycles. The Labute approximate surface area is 118 Å². The number of amides is 1. The van der Waals surface area contributed by atoms with Crippen molar-refractivity contribution in [1.29, 1.82) is 0 Å². The standard InChI is InChI=1S/C14H21N3O3/c1-9-5-11(16-20-9)7-17-4-3-10-6-12(14(18)15-2)19-13(10)8-17/h5,10,12-13H,3-4,6-8H2,1-2H3,(H,15,18)/t10-,12+,13-/m0/s1. The summed E-state index contributed by atoms with van der Waals surface area (Å²) in [6.45, 7) is 4.58. The van der Waals surface area contributed by atoms with E-state index in [-0.39, 0.29) is 18.1 Å². The molecular weight excluding hydrogens is 258 g/mol. The van der Waals surface area contributed by atoms with Gasteiger partial charge < -0.3 is 14.6 Å². The normalized spacial score (nSPS) is 30.2. The molecule has 0 unspecified atom stereocenters. The number of nitrogens with zero attached hydrogens (tertiary/aromatic N) is 2. The van der Waals surface area contributed by atoms with Gasteiger partial charge in [0.1, 0.15) is 11.9 Å². The molecule has 1 aromatic rings. The lowest BCUT2D eigenvalue weighted by Crippen LogP contribution is -2.42. The van der Waals surface area contributed by atoms with Crippen LogP contribution in [0.3, 0.4) is 0 Å². The molecule has 3 rings (SSSR count). The fourth-order valence-corrected chi connectivity index (χ4v) is 3.19. The first-order valence-corrected chi connectivity index (χ1v) is 7.17. The summed E-state index contributed by atoms with van der Waals surface area (Å²) in [4.78, 5) is 14.0. The Kier molecular flexibility index (Phi) is 3.76. The summed E-state index contributed by atoms with van der Waals surface area (Å²) in [7, 11) is 1.66. The number of carbonyl (C=O) groups is 1. The Bertz CT molecular complexity index is 488. The van der Waals surface area contributed by atoms with Gasteiger partial charge in [0.2, 0.25) is 5.91 Å². The van der Waals surface area contributed by atoms with Gasteiger partial charge in [-0.1, -0.05) is 5.16 Å². The van der Waals surface area contributed by atoms with Crippen molar-refractivity contribution in [3.8, 4) is 0 Å². The molecule has 2 aliphatic heterocycles. The third-order valence-corrected chi connectivity index (χ3v) is 4.24. The highest BCUT2D eigenvalue weighted by Crippen LogP contribution is 2.33. The van der Waals surface area contributed by atoms with Crippen molar-refractivity contribution < 1.29 is 14.1 Å². The first-order valence-electron chi connectivity index (χ1n) is 7.17. The van der Waals surface area contributed by atoms with Crippen LogP contribution in [0.15, 0.2) is 10.6 Å². The Morgan fingerprint density at radius 3 is 3.15 bits per heavy atom. The molecule has 0 radical (unpaired) electrons. The average Bonchev–Trinajstić information content (AvgIpc) is 3.03. The van der Waals surface area contributed by atoms with Gasteiger partial charge in [0.05, 0.1) is 11.8 Å². The Balaban J connectivity index is 1.57. The molecule has 6 nitrogen and oxygen atoms in total. The van der Waals surface area contributed by atoms with E-state index >= 15 is 0 Å². The van der Waals surface area contributed by atoms with Gasteiger partial charge >= 0.3 is 0 Å². The van der Waals surface area contributed by atoms with Crippen LogP contribution in [0.1, 0.15) is 24.3 Å². The number of likely N-dealkylation sites (tertiary alicyclic amines) is 1. The van der Waals surface area contributed by atoms with Gasteiger partial charge in [-0.05, 0) is 32.2 Å². The molecule has 0 saturated carbocycles. The molecule has 0 bridgehead atoms. The van der Waals surface area contributed by atoms with Gasteiger partial charge in [-0.25, -0.2) is 0 Å². The lowest BCUT2D eigenvalue weighted by molar-refractivity contribution is -0.132. The van der Waals surface area contributed by atoms with Gasteiger partial charge in [0.15, 0.2) is 0 Å². The molecule has 1 N–H and O–H groups in total. The van der Waals surface area contributed by atoms with Crippen molar-refractivity contribution >= 4 is 5.91 Å². The number of hydrogen-bond acceptors (Lipinski definition) is 5. The largest absolute Gasteiger partial charge is 0.364 e. The molecule has 2 saturated heterocycles. The quantitative estimate of drug-likeness (QED) is 0.882. The smallest absolute Gasteiger partial charge is 0.248 e. The minimum absolute atomic E-state index is 0.00178. The number of piperidine rings is 1. The molecule has 0 aromatic carbocycles. The van der Waals surface area contributed by atoms with Gasteiger partial charge in [-0.15, -0.1) is 0 Å². The summed E-state index contributed by atoms with van der Waals surface area (Å²) in [6.07, 6.45) is 1.82. The van der Waals surface area contributed by atoms with E-state index in [2.05, 4.69) is 15.4 Å². The fraction of sp³-hybridized carbons (Fsp3) is 0.714. The lowest BCUT2D eigenvalue weighted by Gasteiger charge is -2.33. The first-order chi connectivity index (χ1) is 9.65. The van der Waals surface area contributed by atoms with Crippen molar-refractivity contribution in [2.75, 3.05) is 20.1 Å². The number of aromatic nitrogens is 1. The van der Waals surface area contributed by atoms with Crippen LogP contribution in [0.5, 0.6) is 0 Å². The van der Waals surface area contributed by atoms with E-state index in [0.717, 1.165) is 43.9 Å². The van der Waals surface area contributed by atoms with Crippen LogP contribution in [-0.4, -0.2) is 48.3 Å². The number of likely N-dealkylation sites (N-methyl/N-ethyl adjacent to an activating group) is 1. The summed E-state index contributed by atoms with van der Waals surface area (Å²) in [5.41, 5.74) is 0.960. The zero-order valence-electron chi connectivity index (χ0n) is 12.0. The summed E-state index contributed by atoms with van der Waals surface area (Å²) in [5.74, 6) is 1.34. The predicted molar refractivity (Wildman–Crippen MR) is 72.0 cm³/mol. The topological polar surface area (TPSA) is 67.6 Å². The van der Waals surface area contributed by atoms with Crippen LogP contribution in [0, 0.1) is 12.8 Å². The van der Waals surface area contributed by atoms with E-state index < -0.39 is 0 Å². The highest BCUT2D eigenvalue weighted by atomic mass is 16.5. The van der Waals surface area contributed by atoms with Gasteiger partial charge in [-0.2, -0.15) is 0 Å². The molecule has 110 valence electrons. The third-order valence-electron chi connectivity index (χ3n) is 4.24. The Morgan fingerprint density at radius 1 is 1.60 bits per heavy atom. The maximum atomic E-state index is 11.7. The molecule has 2 fully saturated rings.